The molecular formula is C29H29N3O4S. The fourth-order valence-electron chi connectivity index (χ4n) is 4.04. The standard InChI is InChI=1S/C29H29N3O4S/c1-21-11-16-28(22(2)17-21)32(37(3,34)35)19-29(33)31-30-18-23-12-14-26(15-13-23)36-20-25-9-6-8-24-7-4-5-10-27(24)25/h4-18H,19-20H2,1-3H3,(H,31,33)/b30-18-. The van der Waals surface area contributed by atoms with E-state index in [1.165, 1.54) is 11.6 Å². The topological polar surface area (TPSA) is 88.1 Å². The van der Waals surface area contributed by atoms with Gasteiger partial charge in [-0.3, -0.25) is 9.10 Å². The van der Waals surface area contributed by atoms with Crippen LogP contribution in [-0.2, 0) is 21.4 Å². The van der Waals surface area contributed by atoms with Gasteiger partial charge in [0.1, 0.15) is 18.9 Å². The number of nitrogens with zero attached hydrogens (tertiary/aromatic N) is 2. The summed E-state index contributed by atoms with van der Waals surface area (Å²) >= 11 is 0. The molecule has 0 aliphatic rings. The Morgan fingerprint density at radius 2 is 1.70 bits per heavy atom. The molecule has 0 radical (unpaired) electrons. The molecule has 0 heterocycles. The normalized spacial score (nSPS) is 11.5. The summed E-state index contributed by atoms with van der Waals surface area (Å²) in [5.41, 5.74) is 6.51. The van der Waals surface area contributed by atoms with Crippen LogP contribution in [0.5, 0.6) is 5.75 Å². The van der Waals surface area contributed by atoms with Crippen LogP contribution in [0.1, 0.15) is 22.3 Å². The summed E-state index contributed by atoms with van der Waals surface area (Å²) in [6.45, 7) is 3.81. The third-order valence-corrected chi connectivity index (χ3v) is 6.99. The van der Waals surface area contributed by atoms with Crippen molar-refractivity contribution in [1.29, 1.82) is 0 Å². The van der Waals surface area contributed by atoms with Crippen LogP contribution in [0.2, 0.25) is 0 Å². The van der Waals surface area contributed by atoms with Gasteiger partial charge in [-0.25, -0.2) is 13.8 Å². The first-order valence-electron chi connectivity index (χ1n) is 11.8. The average molecular weight is 516 g/mol. The molecule has 0 saturated carbocycles. The number of ether oxygens (including phenoxy) is 1. The number of hydrazone groups is 1. The van der Waals surface area contributed by atoms with E-state index in [4.69, 9.17) is 4.74 Å². The third-order valence-electron chi connectivity index (χ3n) is 5.87. The molecule has 0 spiro atoms. The SMILES string of the molecule is Cc1ccc(N(CC(=O)N/N=C\c2ccc(OCc3cccc4ccccc34)cc2)S(C)(=O)=O)c(C)c1. The van der Waals surface area contributed by atoms with Crippen molar-refractivity contribution in [3.8, 4) is 5.75 Å². The Hall–Kier alpha value is -4.17. The fraction of sp³-hybridized carbons (Fsp3) is 0.172. The number of anilines is 1. The van der Waals surface area contributed by atoms with Gasteiger partial charge in [-0.05, 0) is 71.6 Å². The van der Waals surface area contributed by atoms with Crippen molar-refractivity contribution in [2.45, 2.75) is 20.5 Å². The summed E-state index contributed by atoms with van der Waals surface area (Å²) in [6, 6.07) is 27.0. The highest BCUT2D eigenvalue weighted by atomic mass is 32.2. The van der Waals surface area contributed by atoms with Crippen LogP contribution in [0.25, 0.3) is 10.8 Å². The molecule has 190 valence electrons. The van der Waals surface area contributed by atoms with Crippen LogP contribution in [0, 0.1) is 13.8 Å². The summed E-state index contributed by atoms with van der Waals surface area (Å²) in [5, 5.41) is 6.31. The maximum absolute atomic E-state index is 12.5. The molecule has 0 atom stereocenters. The number of aryl methyl sites for hydroxylation is 2. The number of fused-ring (bicyclic) bond motifs is 1. The first-order chi connectivity index (χ1) is 17.7. The minimum absolute atomic E-state index is 0.374. The second kappa shape index (κ2) is 11.3. The van der Waals surface area contributed by atoms with Crippen LogP contribution >= 0.6 is 0 Å². The lowest BCUT2D eigenvalue weighted by atomic mass is 10.1. The summed E-state index contributed by atoms with van der Waals surface area (Å²) in [6.07, 6.45) is 2.57. The molecule has 0 aliphatic heterocycles. The van der Waals surface area contributed by atoms with E-state index in [2.05, 4.69) is 34.8 Å². The number of rotatable bonds is 9. The second-order valence-electron chi connectivity index (χ2n) is 8.85. The lowest BCUT2D eigenvalue weighted by Crippen LogP contribution is -2.39. The largest absolute Gasteiger partial charge is 0.489 e. The Morgan fingerprint density at radius 3 is 2.43 bits per heavy atom. The van der Waals surface area contributed by atoms with Crippen LogP contribution < -0.4 is 14.5 Å². The highest BCUT2D eigenvalue weighted by molar-refractivity contribution is 7.92. The van der Waals surface area contributed by atoms with Crippen LogP contribution in [0.15, 0.2) is 90.0 Å². The van der Waals surface area contributed by atoms with Gasteiger partial charge in [-0.15, -0.1) is 0 Å². The van der Waals surface area contributed by atoms with Crippen molar-refractivity contribution in [2.75, 3.05) is 17.1 Å². The van der Waals surface area contributed by atoms with Crippen molar-refractivity contribution in [3.63, 3.8) is 0 Å². The zero-order valence-electron chi connectivity index (χ0n) is 21.0. The first kappa shape index (κ1) is 25.9. The molecule has 0 saturated heterocycles. The van der Waals surface area contributed by atoms with Crippen molar-refractivity contribution >= 4 is 38.6 Å². The van der Waals surface area contributed by atoms with E-state index in [-0.39, 0.29) is 6.54 Å². The minimum atomic E-state index is -3.66. The number of nitrogens with one attached hydrogen (secondary N) is 1. The molecule has 1 N–H and O–H groups in total. The number of carbonyl (C=O) groups is 1. The van der Waals surface area contributed by atoms with Gasteiger partial charge in [-0.1, -0.05) is 60.2 Å². The number of hydrogen-bond donors (Lipinski definition) is 1. The molecule has 0 fully saturated rings. The number of hydrogen-bond acceptors (Lipinski definition) is 5. The van der Waals surface area contributed by atoms with Crippen molar-refractivity contribution in [1.82, 2.24) is 5.43 Å². The molecule has 0 aromatic heterocycles. The summed E-state index contributed by atoms with van der Waals surface area (Å²) in [7, 11) is -3.66. The Bertz CT molecular complexity index is 1540. The van der Waals surface area contributed by atoms with E-state index in [1.807, 2.05) is 68.4 Å². The van der Waals surface area contributed by atoms with E-state index in [0.717, 1.165) is 38.2 Å². The maximum Gasteiger partial charge on any atom is 0.260 e. The van der Waals surface area contributed by atoms with Crippen molar-refractivity contribution in [2.24, 2.45) is 5.10 Å². The van der Waals surface area contributed by atoms with Gasteiger partial charge in [0, 0.05) is 0 Å². The van der Waals surface area contributed by atoms with Gasteiger partial charge in [0.2, 0.25) is 10.0 Å². The van der Waals surface area contributed by atoms with Crippen molar-refractivity contribution < 1.29 is 17.9 Å². The molecule has 7 nitrogen and oxygen atoms in total. The van der Waals surface area contributed by atoms with E-state index >= 15 is 0 Å². The predicted molar refractivity (Wildman–Crippen MR) is 149 cm³/mol. The average Bonchev–Trinajstić information content (AvgIpc) is 2.86. The van der Waals surface area contributed by atoms with Gasteiger partial charge in [0.05, 0.1) is 18.2 Å². The van der Waals surface area contributed by atoms with Gasteiger partial charge in [0.25, 0.3) is 5.91 Å². The number of benzene rings is 4. The number of amides is 1. The van der Waals surface area contributed by atoms with E-state index < -0.39 is 15.9 Å². The molecule has 4 rings (SSSR count). The van der Waals surface area contributed by atoms with Crippen LogP contribution in [0.3, 0.4) is 0 Å². The third kappa shape index (κ3) is 6.74. The van der Waals surface area contributed by atoms with Crippen LogP contribution in [0.4, 0.5) is 5.69 Å². The molecule has 4 aromatic rings. The summed E-state index contributed by atoms with van der Waals surface area (Å²) < 4.78 is 31.7. The van der Waals surface area contributed by atoms with E-state index in [0.29, 0.717) is 18.0 Å². The Kier molecular flexibility index (Phi) is 7.89. The first-order valence-corrected chi connectivity index (χ1v) is 13.6. The summed E-state index contributed by atoms with van der Waals surface area (Å²) in [5.74, 6) is 0.170. The molecule has 8 heteroatoms. The monoisotopic (exact) mass is 515 g/mol. The number of sulfonamides is 1. The maximum atomic E-state index is 12.5. The van der Waals surface area contributed by atoms with Gasteiger partial charge >= 0.3 is 0 Å². The molecule has 0 aliphatic carbocycles. The molecule has 4 aromatic carbocycles. The number of carbonyl (C=O) groups excluding carboxylic acids is 1. The highest BCUT2D eigenvalue weighted by Crippen LogP contribution is 2.23. The molecule has 1 amide bonds. The lowest BCUT2D eigenvalue weighted by molar-refractivity contribution is -0.119. The molecule has 0 bridgehead atoms. The summed E-state index contributed by atoms with van der Waals surface area (Å²) in [4.78, 5) is 12.5. The Balaban J connectivity index is 1.34. The smallest absolute Gasteiger partial charge is 0.260 e. The zero-order chi connectivity index (χ0) is 26.4. The molecule has 0 unspecified atom stereocenters. The fourth-order valence-corrected chi connectivity index (χ4v) is 4.95. The Labute approximate surface area is 217 Å². The molecular weight excluding hydrogens is 486 g/mol. The van der Waals surface area contributed by atoms with Crippen LogP contribution in [-0.4, -0.2) is 33.3 Å². The quantitative estimate of drug-likeness (QED) is 0.252. The lowest BCUT2D eigenvalue weighted by Gasteiger charge is -2.23. The van der Waals surface area contributed by atoms with Crippen molar-refractivity contribution in [3.05, 3.63) is 107 Å². The van der Waals surface area contributed by atoms with Gasteiger partial charge < -0.3 is 4.74 Å². The minimum Gasteiger partial charge on any atom is -0.489 e. The zero-order valence-corrected chi connectivity index (χ0v) is 21.8. The Morgan fingerprint density at radius 1 is 0.973 bits per heavy atom. The van der Waals surface area contributed by atoms with E-state index in [9.17, 15) is 13.2 Å². The van der Waals surface area contributed by atoms with E-state index in [1.54, 1.807) is 6.07 Å². The predicted octanol–water partition coefficient (Wildman–Crippen LogP) is 4.95. The van der Waals surface area contributed by atoms with Gasteiger partial charge in [0.15, 0.2) is 0 Å². The highest BCUT2D eigenvalue weighted by Gasteiger charge is 2.22. The van der Waals surface area contributed by atoms with Gasteiger partial charge in [-0.2, -0.15) is 5.10 Å². The second-order valence-corrected chi connectivity index (χ2v) is 10.8. The molecule has 37 heavy (non-hydrogen) atoms.